The van der Waals surface area contributed by atoms with E-state index in [-0.39, 0.29) is 6.54 Å². The molecule has 0 aromatic heterocycles. The predicted molar refractivity (Wildman–Crippen MR) is 63.8 cm³/mol. The highest BCUT2D eigenvalue weighted by atomic mass is 16.4. The van der Waals surface area contributed by atoms with Crippen molar-refractivity contribution in [3.8, 4) is 0 Å². The maximum Gasteiger partial charge on any atom is 0.329 e. The number of aliphatic hydroxyl groups excluding tert-OH is 1. The lowest BCUT2D eigenvalue weighted by atomic mass is 9.93. The molecule has 0 bridgehead atoms. The highest BCUT2D eigenvalue weighted by Crippen LogP contribution is 2.15. The van der Waals surface area contributed by atoms with Gasteiger partial charge in [-0.25, -0.2) is 9.59 Å². The normalized spacial score (nSPS) is 13.0. The minimum Gasteiger partial charge on any atom is -0.480 e. The van der Waals surface area contributed by atoms with Gasteiger partial charge in [0.1, 0.15) is 5.54 Å². The van der Waals surface area contributed by atoms with Gasteiger partial charge >= 0.3 is 12.0 Å². The van der Waals surface area contributed by atoms with E-state index in [0.717, 1.165) is 0 Å². The van der Waals surface area contributed by atoms with Crippen LogP contribution in [0.25, 0.3) is 0 Å². The Balaban J connectivity index is 4.67. The summed E-state index contributed by atoms with van der Waals surface area (Å²) in [5, 5.41) is 20.8. The lowest BCUT2D eigenvalue weighted by molar-refractivity contribution is -0.144. The lowest BCUT2D eigenvalue weighted by Crippen LogP contribution is -2.57. The first-order valence-electron chi connectivity index (χ1n) is 5.73. The number of aliphatic carboxylic acids is 1. The summed E-state index contributed by atoms with van der Waals surface area (Å²) in [7, 11) is 1.51. The molecule has 3 N–H and O–H groups in total. The van der Waals surface area contributed by atoms with Crippen LogP contribution in [-0.2, 0) is 4.79 Å². The lowest BCUT2D eigenvalue weighted by Gasteiger charge is -2.31. The molecule has 0 fully saturated rings. The molecule has 0 spiro atoms. The van der Waals surface area contributed by atoms with Crippen molar-refractivity contribution in [3.63, 3.8) is 0 Å². The van der Waals surface area contributed by atoms with Gasteiger partial charge in [-0.1, -0.05) is 13.8 Å². The van der Waals surface area contributed by atoms with Crippen LogP contribution in [0.15, 0.2) is 0 Å². The Hall–Kier alpha value is -1.30. The number of carbonyl (C=O) groups is 2. The fourth-order valence-corrected chi connectivity index (χ4v) is 1.56. The summed E-state index contributed by atoms with van der Waals surface area (Å²) in [6.45, 7) is 5.15. The molecule has 0 saturated carbocycles. The number of nitrogens with one attached hydrogen (secondary N) is 1. The number of hydrogen-bond donors (Lipinski definition) is 3. The van der Waals surface area contributed by atoms with Gasteiger partial charge in [0.2, 0.25) is 0 Å². The van der Waals surface area contributed by atoms with E-state index in [4.69, 9.17) is 10.2 Å². The Morgan fingerprint density at radius 3 is 2.12 bits per heavy atom. The maximum absolute atomic E-state index is 11.8. The van der Waals surface area contributed by atoms with E-state index in [2.05, 4.69) is 5.32 Å². The second kappa shape index (κ2) is 6.44. The van der Waals surface area contributed by atoms with E-state index in [9.17, 15) is 9.59 Å². The molecule has 0 saturated heterocycles. The number of carboxylic acid groups (broad SMARTS) is 1. The van der Waals surface area contributed by atoms with Crippen LogP contribution in [0.1, 0.15) is 33.6 Å². The van der Waals surface area contributed by atoms with E-state index in [1.807, 2.05) is 0 Å². The number of carbonyl (C=O) groups excluding carboxylic acids is 1. The van der Waals surface area contributed by atoms with E-state index in [0.29, 0.717) is 12.8 Å². The van der Waals surface area contributed by atoms with E-state index in [1.54, 1.807) is 20.8 Å². The molecule has 6 heteroatoms. The molecule has 0 aliphatic rings. The molecule has 1 atom stereocenters. The van der Waals surface area contributed by atoms with Crippen molar-refractivity contribution >= 4 is 12.0 Å². The summed E-state index contributed by atoms with van der Waals surface area (Å²) in [6, 6.07) is -0.489. The third kappa shape index (κ3) is 4.22. The van der Waals surface area contributed by atoms with Crippen LogP contribution < -0.4 is 5.32 Å². The van der Waals surface area contributed by atoms with Crippen molar-refractivity contribution in [3.05, 3.63) is 0 Å². The van der Waals surface area contributed by atoms with E-state index >= 15 is 0 Å². The Morgan fingerprint density at radius 2 is 1.82 bits per heavy atom. The van der Waals surface area contributed by atoms with Gasteiger partial charge in [-0.3, -0.25) is 0 Å². The monoisotopic (exact) mass is 246 g/mol. The van der Waals surface area contributed by atoms with Crippen molar-refractivity contribution in [2.75, 3.05) is 13.6 Å². The zero-order valence-electron chi connectivity index (χ0n) is 10.9. The van der Waals surface area contributed by atoms with Gasteiger partial charge in [0.05, 0.1) is 6.10 Å². The van der Waals surface area contributed by atoms with Crippen LogP contribution in [0.4, 0.5) is 4.79 Å². The molecule has 17 heavy (non-hydrogen) atoms. The predicted octanol–water partition coefficient (Wildman–Crippen LogP) is 0.652. The second-order valence-electron chi connectivity index (χ2n) is 4.25. The van der Waals surface area contributed by atoms with E-state index in [1.165, 1.54) is 11.9 Å². The number of carboxylic acids is 1. The van der Waals surface area contributed by atoms with Gasteiger partial charge in [-0.15, -0.1) is 0 Å². The SMILES string of the molecule is CCC(CC)(NC(=O)N(C)CC(C)O)C(=O)O. The van der Waals surface area contributed by atoms with Crippen LogP contribution in [0.3, 0.4) is 0 Å². The quantitative estimate of drug-likeness (QED) is 0.642. The summed E-state index contributed by atoms with van der Waals surface area (Å²) in [5.74, 6) is -1.04. The zero-order chi connectivity index (χ0) is 13.6. The first-order chi connectivity index (χ1) is 7.79. The van der Waals surface area contributed by atoms with E-state index < -0.39 is 23.6 Å². The molecule has 0 aliphatic carbocycles. The summed E-state index contributed by atoms with van der Waals surface area (Å²) in [5.41, 5.74) is -1.23. The van der Waals surface area contributed by atoms with Gasteiger partial charge in [-0.05, 0) is 19.8 Å². The van der Waals surface area contributed by atoms with Gasteiger partial charge in [0, 0.05) is 13.6 Å². The number of urea groups is 1. The van der Waals surface area contributed by atoms with Crippen molar-refractivity contribution in [1.82, 2.24) is 10.2 Å². The molecule has 0 radical (unpaired) electrons. The second-order valence-corrected chi connectivity index (χ2v) is 4.25. The van der Waals surface area contributed by atoms with Crippen LogP contribution in [0.2, 0.25) is 0 Å². The molecule has 0 aromatic rings. The molecular formula is C11H22N2O4. The fourth-order valence-electron chi connectivity index (χ4n) is 1.56. The topological polar surface area (TPSA) is 89.9 Å². The van der Waals surface area contributed by atoms with Crippen LogP contribution in [-0.4, -0.2) is 52.3 Å². The standard InChI is InChI=1S/C11H22N2O4/c1-5-11(6-2,9(15)16)12-10(17)13(4)7-8(3)14/h8,14H,5-7H2,1-4H3,(H,12,17)(H,15,16). The highest BCUT2D eigenvalue weighted by molar-refractivity contribution is 5.86. The summed E-state index contributed by atoms with van der Waals surface area (Å²) in [6.07, 6.45) is -0.0200. The van der Waals surface area contributed by atoms with Crippen LogP contribution >= 0.6 is 0 Å². The smallest absolute Gasteiger partial charge is 0.329 e. The number of hydrogen-bond acceptors (Lipinski definition) is 3. The molecule has 0 aromatic carbocycles. The Morgan fingerprint density at radius 1 is 1.35 bits per heavy atom. The van der Waals surface area contributed by atoms with Gasteiger partial charge in [0.25, 0.3) is 0 Å². The minimum atomic E-state index is -1.23. The molecule has 6 nitrogen and oxygen atoms in total. The van der Waals surface area contributed by atoms with Crippen molar-refractivity contribution in [2.24, 2.45) is 0 Å². The van der Waals surface area contributed by atoms with Crippen molar-refractivity contribution in [1.29, 1.82) is 0 Å². The number of likely N-dealkylation sites (N-methyl/N-ethyl adjacent to an activating group) is 1. The summed E-state index contributed by atoms with van der Waals surface area (Å²) < 4.78 is 0. The fraction of sp³-hybridized carbons (Fsp3) is 0.818. The van der Waals surface area contributed by atoms with Gasteiger partial charge < -0.3 is 20.4 Å². The van der Waals surface area contributed by atoms with Gasteiger partial charge in [-0.2, -0.15) is 0 Å². The number of aliphatic hydroxyl groups is 1. The zero-order valence-corrected chi connectivity index (χ0v) is 10.9. The Labute approximate surface area is 102 Å². The average Bonchev–Trinajstić information content (AvgIpc) is 2.24. The summed E-state index contributed by atoms with van der Waals surface area (Å²) in [4.78, 5) is 24.2. The number of amides is 2. The molecule has 1 unspecified atom stereocenters. The highest BCUT2D eigenvalue weighted by Gasteiger charge is 2.37. The first kappa shape index (κ1) is 15.7. The molecule has 0 aliphatic heterocycles. The van der Waals surface area contributed by atoms with Gasteiger partial charge in [0.15, 0.2) is 0 Å². The third-order valence-electron chi connectivity index (χ3n) is 2.85. The van der Waals surface area contributed by atoms with Crippen molar-refractivity contribution in [2.45, 2.75) is 45.3 Å². The third-order valence-corrected chi connectivity index (χ3v) is 2.85. The van der Waals surface area contributed by atoms with Crippen molar-refractivity contribution < 1.29 is 19.8 Å². The summed E-state index contributed by atoms with van der Waals surface area (Å²) >= 11 is 0. The average molecular weight is 246 g/mol. The van der Waals surface area contributed by atoms with Crippen LogP contribution in [0.5, 0.6) is 0 Å². The molecular weight excluding hydrogens is 224 g/mol. The molecule has 0 heterocycles. The number of rotatable bonds is 6. The van der Waals surface area contributed by atoms with Crippen LogP contribution in [0, 0.1) is 0 Å². The molecule has 0 rings (SSSR count). The Bertz CT molecular complexity index is 275. The largest absolute Gasteiger partial charge is 0.480 e. The first-order valence-corrected chi connectivity index (χ1v) is 5.73. The number of nitrogens with zero attached hydrogens (tertiary/aromatic N) is 1. The Kier molecular flexibility index (Phi) is 5.95. The molecule has 2 amide bonds. The minimum absolute atomic E-state index is 0.162. The maximum atomic E-state index is 11.8. The molecule has 100 valence electrons.